The normalized spacial score (nSPS) is 10.7. The Labute approximate surface area is 134 Å². The predicted octanol–water partition coefficient (Wildman–Crippen LogP) is 3.89. The van der Waals surface area contributed by atoms with Crippen LogP contribution in [-0.2, 0) is 4.79 Å². The summed E-state index contributed by atoms with van der Waals surface area (Å²) in [5.74, 6) is 0.511. The van der Waals surface area contributed by atoms with Crippen LogP contribution >= 0.6 is 11.6 Å². The minimum absolute atomic E-state index is 0.259. The number of methoxy groups -OCH3 is 1. The molecule has 0 aliphatic carbocycles. The fraction of sp³-hybridized carbons (Fsp3) is 0.118. The third-order valence-electron chi connectivity index (χ3n) is 3.10. The van der Waals surface area contributed by atoms with Crippen LogP contribution in [0, 0.1) is 6.92 Å². The van der Waals surface area contributed by atoms with Gasteiger partial charge in [-0.1, -0.05) is 23.7 Å². The van der Waals surface area contributed by atoms with Gasteiger partial charge >= 0.3 is 0 Å². The van der Waals surface area contributed by atoms with E-state index < -0.39 is 0 Å². The fourth-order valence-electron chi connectivity index (χ4n) is 1.98. The molecule has 3 N–H and O–H groups in total. The molecule has 0 aliphatic rings. The molecule has 4 nitrogen and oxygen atoms in total. The average Bonchev–Trinajstić information content (AvgIpc) is 2.49. The molecule has 0 radical (unpaired) electrons. The van der Waals surface area contributed by atoms with E-state index in [2.05, 4.69) is 5.32 Å². The highest BCUT2D eigenvalue weighted by molar-refractivity contribution is 6.34. The summed E-state index contributed by atoms with van der Waals surface area (Å²) in [6.45, 7) is 1.84. The molecular weight excluding hydrogens is 300 g/mol. The van der Waals surface area contributed by atoms with Crippen LogP contribution in [0.25, 0.3) is 6.08 Å². The van der Waals surface area contributed by atoms with Crippen molar-refractivity contribution in [1.82, 2.24) is 0 Å². The predicted molar refractivity (Wildman–Crippen MR) is 91.3 cm³/mol. The summed E-state index contributed by atoms with van der Waals surface area (Å²) in [6, 6.07) is 10.8. The maximum Gasteiger partial charge on any atom is 0.248 e. The third-order valence-corrected chi connectivity index (χ3v) is 3.40. The number of anilines is 2. The van der Waals surface area contributed by atoms with Gasteiger partial charge < -0.3 is 15.8 Å². The van der Waals surface area contributed by atoms with Gasteiger partial charge in [0.15, 0.2) is 0 Å². The molecule has 2 rings (SSSR count). The van der Waals surface area contributed by atoms with E-state index in [-0.39, 0.29) is 5.91 Å². The van der Waals surface area contributed by atoms with Gasteiger partial charge in [0.05, 0.1) is 17.8 Å². The number of nitrogen functional groups attached to an aromatic ring is 1. The van der Waals surface area contributed by atoms with E-state index in [1.165, 1.54) is 6.08 Å². The van der Waals surface area contributed by atoms with E-state index in [0.29, 0.717) is 16.4 Å². The average molecular weight is 317 g/mol. The second-order valence-corrected chi connectivity index (χ2v) is 5.20. The number of carbonyl (C=O) groups excluding carboxylic acids is 1. The zero-order valence-corrected chi connectivity index (χ0v) is 13.1. The molecule has 2 aromatic carbocycles. The molecule has 5 heteroatoms. The number of hydrogen-bond acceptors (Lipinski definition) is 3. The number of halogens is 1. The second kappa shape index (κ2) is 7.00. The van der Waals surface area contributed by atoms with Crippen molar-refractivity contribution in [3.63, 3.8) is 0 Å². The van der Waals surface area contributed by atoms with Gasteiger partial charge in [0.25, 0.3) is 0 Å². The first-order chi connectivity index (χ1) is 10.5. The first-order valence-electron chi connectivity index (χ1n) is 6.68. The maximum atomic E-state index is 12.0. The van der Waals surface area contributed by atoms with E-state index in [0.717, 1.165) is 16.9 Å². The number of hydrogen-bond donors (Lipinski definition) is 2. The van der Waals surface area contributed by atoms with E-state index in [1.807, 2.05) is 31.2 Å². The zero-order chi connectivity index (χ0) is 16.1. The highest BCUT2D eigenvalue weighted by atomic mass is 35.5. The summed E-state index contributed by atoms with van der Waals surface area (Å²) in [5, 5.41) is 3.18. The lowest BCUT2D eigenvalue weighted by molar-refractivity contribution is -0.111. The molecule has 1 amide bonds. The Balaban J connectivity index is 2.08. The van der Waals surface area contributed by atoms with Crippen LogP contribution in [0.3, 0.4) is 0 Å². The Morgan fingerprint density at radius 3 is 2.55 bits per heavy atom. The van der Waals surface area contributed by atoms with Crippen molar-refractivity contribution < 1.29 is 9.53 Å². The Bertz CT molecular complexity index is 686. The number of nitrogens with one attached hydrogen (secondary N) is 1. The lowest BCUT2D eigenvalue weighted by atomic mass is 10.1. The van der Waals surface area contributed by atoms with Crippen LogP contribution in [0.1, 0.15) is 11.1 Å². The Kier molecular flexibility index (Phi) is 5.07. The van der Waals surface area contributed by atoms with Crippen molar-refractivity contribution in [2.45, 2.75) is 6.92 Å². The summed E-state index contributed by atoms with van der Waals surface area (Å²) >= 11 is 6.10. The molecule has 0 fully saturated rings. The minimum Gasteiger partial charge on any atom is -0.497 e. The van der Waals surface area contributed by atoms with Crippen molar-refractivity contribution in [2.24, 2.45) is 0 Å². The number of amides is 1. The summed E-state index contributed by atoms with van der Waals surface area (Å²) in [6.07, 6.45) is 3.17. The molecule has 0 heterocycles. The lowest BCUT2D eigenvalue weighted by Crippen LogP contribution is -2.09. The van der Waals surface area contributed by atoms with Crippen LogP contribution in [0.15, 0.2) is 42.5 Å². The molecule has 0 spiro atoms. The molecule has 0 aliphatic heterocycles. The van der Waals surface area contributed by atoms with E-state index in [1.54, 1.807) is 25.3 Å². The molecular formula is C17H17ClN2O2. The van der Waals surface area contributed by atoms with Crippen LogP contribution in [0.4, 0.5) is 11.4 Å². The van der Waals surface area contributed by atoms with Gasteiger partial charge in [-0.15, -0.1) is 0 Å². The van der Waals surface area contributed by atoms with E-state index >= 15 is 0 Å². The zero-order valence-electron chi connectivity index (χ0n) is 12.4. The molecule has 0 bridgehead atoms. The SMILES string of the molecule is COc1ccc(/C=C/C(=O)Nc2c(C)cc(N)cc2Cl)cc1. The van der Waals surface area contributed by atoms with Gasteiger partial charge in [0, 0.05) is 11.8 Å². The first kappa shape index (κ1) is 15.9. The largest absolute Gasteiger partial charge is 0.497 e. The molecule has 22 heavy (non-hydrogen) atoms. The number of nitrogens with two attached hydrogens (primary N) is 1. The fourth-order valence-corrected chi connectivity index (χ4v) is 2.30. The summed E-state index contributed by atoms with van der Waals surface area (Å²) in [4.78, 5) is 12.0. The van der Waals surface area contributed by atoms with Crippen LogP contribution in [0.2, 0.25) is 5.02 Å². The topological polar surface area (TPSA) is 64.3 Å². The molecule has 0 saturated carbocycles. The van der Waals surface area contributed by atoms with Gasteiger partial charge in [-0.2, -0.15) is 0 Å². The number of rotatable bonds is 4. The highest BCUT2D eigenvalue weighted by Gasteiger charge is 2.07. The van der Waals surface area contributed by atoms with Crippen molar-refractivity contribution in [1.29, 1.82) is 0 Å². The summed E-state index contributed by atoms with van der Waals surface area (Å²) in [5.41, 5.74) is 8.54. The standard InChI is InChI=1S/C17H17ClN2O2/c1-11-9-13(19)10-15(18)17(11)20-16(21)8-5-12-3-6-14(22-2)7-4-12/h3-10H,19H2,1-2H3,(H,20,21)/b8-5+. The number of carbonyl (C=O) groups is 1. The van der Waals surface area contributed by atoms with Crippen molar-refractivity contribution in [3.05, 3.63) is 58.6 Å². The maximum absolute atomic E-state index is 12.0. The molecule has 0 aromatic heterocycles. The lowest BCUT2D eigenvalue weighted by Gasteiger charge is -2.09. The second-order valence-electron chi connectivity index (χ2n) is 4.79. The van der Waals surface area contributed by atoms with Gasteiger partial charge in [-0.3, -0.25) is 4.79 Å². The Morgan fingerprint density at radius 1 is 1.27 bits per heavy atom. The van der Waals surface area contributed by atoms with Crippen molar-refractivity contribution >= 4 is 35.0 Å². The minimum atomic E-state index is -0.259. The first-order valence-corrected chi connectivity index (χ1v) is 7.06. The van der Waals surface area contributed by atoms with Gasteiger partial charge in [0.2, 0.25) is 5.91 Å². The third kappa shape index (κ3) is 4.02. The molecule has 0 unspecified atom stereocenters. The molecule has 114 valence electrons. The van der Waals surface area contributed by atoms with Crippen LogP contribution in [-0.4, -0.2) is 13.0 Å². The van der Waals surface area contributed by atoms with Crippen LogP contribution < -0.4 is 15.8 Å². The van der Waals surface area contributed by atoms with Crippen LogP contribution in [0.5, 0.6) is 5.75 Å². The smallest absolute Gasteiger partial charge is 0.248 e. The summed E-state index contributed by atoms with van der Waals surface area (Å²) in [7, 11) is 1.61. The monoisotopic (exact) mass is 316 g/mol. The number of ether oxygens (including phenoxy) is 1. The molecule has 2 aromatic rings. The molecule has 0 atom stereocenters. The highest BCUT2D eigenvalue weighted by Crippen LogP contribution is 2.28. The Hall–Kier alpha value is -2.46. The van der Waals surface area contributed by atoms with Gasteiger partial charge in [-0.05, 0) is 48.4 Å². The van der Waals surface area contributed by atoms with E-state index in [9.17, 15) is 4.79 Å². The summed E-state index contributed by atoms with van der Waals surface area (Å²) < 4.78 is 5.08. The van der Waals surface area contributed by atoms with Gasteiger partial charge in [0.1, 0.15) is 5.75 Å². The number of aryl methyl sites for hydroxylation is 1. The quantitative estimate of drug-likeness (QED) is 0.664. The van der Waals surface area contributed by atoms with Crippen molar-refractivity contribution in [2.75, 3.05) is 18.2 Å². The van der Waals surface area contributed by atoms with E-state index in [4.69, 9.17) is 22.1 Å². The number of benzene rings is 2. The Morgan fingerprint density at radius 2 is 1.95 bits per heavy atom. The van der Waals surface area contributed by atoms with Crippen molar-refractivity contribution in [3.8, 4) is 5.75 Å². The molecule has 0 saturated heterocycles. The van der Waals surface area contributed by atoms with Gasteiger partial charge in [-0.25, -0.2) is 0 Å².